The Bertz CT molecular complexity index is 1020. The van der Waals surface area contributed by atoms with Gasteiger partial charge in [-0.3, -0.25) is 4.79 Å². The van der Waals surface area contributed by atoms with Crippen LogP contribution in [-0.2, 0) is 4.74 Å². The Morgan fingerprint density at radius 2 is 1.88 bits per heavy atom. The third kappa shape index (κ3) is 2.91. The van der Waals surface area contributed by atoms with E-state index in [2.05, 4.69) is 10.2 Å². The number of ether oxygens (including phenoxy) is 1. The summed E-state index contributed by atoms with van der Waals surface area (Å²) in [5.41, 5.74) is 0.780. The molecule has 24 heavy (non-hydrogen) atoms. The van der Waals surface area contributed by atoms with Crippen LogP contribution in [0, 0.1) is 11.3 Å². The van der Waals surface area contributed by atoms with Crippen LogP contribution in [0.4, 0.5) is 0 Å². The number of esters is 1. The van der Waals surface area contributed by atoms with Crippen LogP contribution in [0.15, 0.2) is 47.4 Å². The maximum Gasteiger partial charge on any atom is 0.347 e. The largest absolute Gasteiger partial charge is 0.454 e. The molecular weight excluding hydrogens is 312 g/mol. The van der Waals surface area contributed by atoms with E-state index in [-0.39, 0.29) is 5.56 Å². The Labute approximate surface area is 134 Å². The second-order valence-electron chi connectivity index (χ2n) is 4.86. The lowest BCUT2D eigenvalue weighted by Gasteiger charge is -2.05. The zero-order valence-electron chi connectivity index (χ0n) is 12.2. The number of rotatable bonds is 4. The minimum Gasteiger partial charge on any atom is -0.454 e. The molecule has 8 heteroatoms. The highest BCUT2D eigenvalue weighted by molar-refractivity contribution is 5.99. The Hall–Kier alpha value is -3.73. The van der Waals surface area contributed by atoms with Crippen molar-refractivity contribution < 1.29 is 14.3 Å². The van der Waals surface area contributed by atoms with Crippen molar-refractivity contribution in [2.75, 3.05) is 6.61 Å². The van der Waals surface area contributed by atoms with Crippen LogP contribution in [0.25, 0.3) is 5.65 Å². The summed E-state index contributed by atoms with van der Waals surface area (Å²) in [5, 5.41) is 14.7. The van der Waals surface area contributed by atoms with Gasteiger partial charge in [-0.2, -0.15) is 10.4 Å². The van der Waals surface area contributed by atoms with E-state index in [1.165, 1.54) is 47.0 Å². The molecule has 0 saturated carbocycles. The second kappa shape index (κ2) is 6.18. The Morgan fingerprint density at radius 3 is 2.58 bits per heavy atom. The van der Waals surface area contributed by atoms with Gasteiger partial charge in [0.2, 0.25) is 0 Å². The Balaban J connectivity index is 1.69. The molecule has 0 amide bonds. The van der Waals surface area contributed by atoms with Crippen molar-refractivity contribution in [1.29, 1.82) is 5.26 Å². The molecule has 0 radical (unpaired) electrons. The zero-order valence-corrected chi connectivity index (χ0v) is 12.2. The monoisotopic (exact) mass is 322 g/mol. The fourth-order valence-corrected chi connectivity index (χ4v) is 2.05. The van der Waals surface area contributed by atoms with E-state index in [1.54, 1.807) is 0 Å². The molecule has 8 nitrogen and oxygen atoms in total. The number of hydrogen-bond donors (Lipinski definition) is 1. The number of fused-ring (bicyclic) bond motifs is 1. The first kappa shape index (κ1) is 15.2. The van der Waals surface area contributed by atoms with Gasteiger partial charge in [0.05, 0.1) is 17.2 Å². The number of H-pyrrole nitrogens is 1. The molecule has 0 fully saturated rings. The lowest BCUT2D eigenvalue weighted by Crippen LogP contribution is -2.16. The molecule has 3 rings (SSSR count). The molecule has 118 valence electrons. The SMILES string of the molecule is N#Cc1ccc(C(=O)COC(=O)c2ccc3n[nH]c(=O)n3c2)cc1. The van der Waals surface area contributed by atoms with Crippen molar-refractivity contribution in [3.05, 3.63) is 69.8 Å². The van der Waals surface area contributed by atoms with Crippen molar-refractivity contribution in [2.24, 2.45) is 0 Å². The Kier molecular flexibility index (Phi) is 3.91. The van der Waals surface area contributed by atoms with Crippen molar-refractivity contribution in [1.82, 2.24) is 14.6 Å². The third-order valence-electron chi connectivity index (χ3n) is 3.32. The van der Waals surface area contributed by atoms with E-state index in [1.807, 2.05) is 6.07 Å². The van der Waals surface area contributed by atoms with Crippen molar-refractivity contribution in [2.45, 2.75) is 0 Å². The molecular formula is C16H10N4O4. The standard InChI is InChI=1S/C16H10N4O4/c17-7-10-1-3-11(4-2-10)13(21)9-24-15(22)12-5-6-14-18-19-16(23)20(14)8-12/h1-6,8H,9H2,(H,19,23). The highest BCUT2D eigenvalue weighted by Crippen LogP contribution is 2.07. The number of nitrogens with zero attached hydrogens (tertiary/aromatic N) is 3. The first-order valence-corrected chi connectivity index (χ1v) is 6.86. The van der Waals surface area contributed by atoms with Gasteiger partial charge in [0.1, 0.15) is 0 Å². The fraction of sp³-hybridized carbons (Fsp3) is 0.0625. The number of hydrogen-bond acceptors (Lipinski definition) is 6. The van der Waals surface area contributed by atoms with Gasteiger partial charge in [0.15, 0.2) is 18.0 Å². The first-order valence-electron chi connectivity index (χ1n) is 6.86. The molecule has 1 N–H and O–H groups in total. The number of carbonyl (C=O) groups is 2. The van der Waals surface area contributed by atoms with E-state index in [0.29, 0.717) is 16.8 Å². The van der Waals surface area contributed by atoms with Gasteiger partial charge in [0.25, 0.3) is 0 Å². The summed E-state index contributed by atoms with van der Waals surface area (Å²) in [6, 6.07) is 10.9. The van der Waals surface area contributed by atoms with Crippen molar-refractivity contribution in [3.8, 4) is 6.07 Å². The summed E-state index contributed by atoms with van der Waals surface area (Å²) < 4.78 is 6.13. The highest BCUT2D eigenvalue weighted by atomic mass is 16.5. The van der Waals surface area contributed by atoms with Crippen LogP contribution in [-0.4, -0.2) is 33.0 Å². The maximum absolute atomic E-state index is 12.0. The predicted molar refractivity (Wildman–Crippen MR) is 81.6 cm³/mol. The number of benzene rings is 1. The summed E-state index contributed by atoms with van der Waals surface area (Å²) in [6.45, 7) is -0.441. The van der Waals surface area contributed by atoms with Gasteiger partial charge in [0, 0.05) is 11.8 Å². The quantitative estimate of drug-likeness (QED) is 0.564. The molecule has 0 aliphatic rings. The van der Waals surface area contributed by atoms with E-state index >= 15 is 0 Å². The van der Waals surface area contributed by atoms with Gasteiger partial charge >= 0.3 is 11.7 Å². The van der Waals surface area contributed by atoms with E-state index in [4.69, 9.17) is 10.00 Å². The number of Topliss-reactive ketones (excluding diaryl/α,β-unsaturated/α-hetero) is 1. The molecule has 0 aliphatic carbocycles. The van der Waals surface area contributed by atoms with Crippen LogP contribution in [0.1, 0.15) is 26.3 Å². The molecule has 0 atom stereocenters. The first-order chi connectivity index (χ1) is 11.6. The normalized spacial score (nSPS) is 10.3. The number of pyridine rings is 1. The minimum absolute atomic E-state index is 0.124. The molecule has 0 spiro atoms. The second-order valence-corrected chi connectivity index (χ2v) is 4.86. The number of nitriles is 1. The molecule has 0 bridgehead atoms. The lowest BCUT2D eigenvalue weighted by atomic mass is 10.1. The molecule has 2 heterocycles. The lowest BCUT2D eigenvalue weighted by molar-refractivity contribution is 0.0474. The van der Waals surface area contributed by atoms with Crippen molar-refractivity contribution >= 4 is 17.4 Å². The van der Waals surface area contributed by atoms with Gasteiger partial charge in [-0.25, -0.2) is 19.1 Å². The molecule has 3 aromatic rings. The summed E-state index contributed by atoms with van der Waals surface area (Å²) >= 11 is 0. The number of aromatic amines is 1. The van der Waals surface area contributed by atoms with Crippen LogP contribution >= 0.6 is 0 Å². The van der Waals surface area contributed by atoms with Gasteiger partial charge in [-0.1, -0.05) is 0 Å². The smallest absolute Gasteiger partial charge is 0.347 e. The summed E-state index contributed by atoms with van der Waals surface area (Å²) in [5.74, 6) is -1.12. The average molecular weight is 322 g/mol. The van der Waals surface area contributed by atoms with Gasteiger partial charge < -0.3 is 4.74 Å². The van der Waals surface area contributed by atoms with E-state index in [9.17, 15) is 14.4 Å². The third-order valence-corrected chi connectivity index (χ3v) is 3.32. The molecule has 2 aromatic heterocycles. The predicted octanol–water partition coefficient (Wildman–Crippen LogP) is 0.934. The average Bonchev–Trinajstić information content (AvgIpc) is 3.00. The number of nitrogens with one attached hydrogen (secondary N) is 1. The van der Waals surface area contributed by atoms with Crippen LogP contribution in [0.3, 0.4) is 0 Å². The summed E-state index contributed by atoms with van der Waals surface area (Å²) in [6.07, 6.45) is 1.29. The van der Waals surface area contributed by atoms with E-state index in [0.717, 1.165) is 0 Å². The van der Waals surface area contributed by atoms with Crippen LogP contribution in [0.5, 0.6) is 0 Å². The minimum atomic E-state index is -0.730. The number of carbonyl (C=O) groups excluding carboxylic acids is 2. The van der Waals surface area contributed by atoms with Gasteiger partial charge in [-0.15, -0.1) is 0 Å². The Morgan fingerprint density at radius 1 is 1.17 bits per heavy atom. The fourth-order valence-electron chi connectivity index (χ4n) is 2.05. The highest BCUT2D eigenvalue weighted by Gasteiger charge is 2.13. The number of ketones is 1. The van der Waals surface area contributed by atoms with E-state index < -0.39 is 24.0 Å². The molecule has 1 aromatic carbocycles. The zero-order chi connectivity index (χ0) is 17.1. The topological polar surface area (TPSA) is 117 Å². The molecule has 0 saturated heterocycles. The van der Waals surface area contributed by atoms with Gasteiger partial charge in [-0.05, 0) is 36.4 Å². The summed E-state index contributed by atoms with van der Waals surface area (Å²) in [4.78, 5) is 35.4. The van der Waals surface area contributed by atoms with Crippen LogP contribution in [0.2, 0.25) is 0 Å². The van der Waals surface area contributed by atoms with Crippen molar-refractivity contribution in [3.63, 3.8) is 0 Å². The maximum atomic E-state index is 12.0. The molecule has 0 aliphatic heterocycles. The molecule has 0 unspecified atom stereocenters. The van der Waals surface area contributed by atoms with Crippen LogP contribution < -0.4 is 5.69 Å². The number of aromatic nitrogens is 3. The summed E-state index contributed by atoms with van der Waals surface area (Å²) in [7, 11) is 0.